The lowest BCUT2D eigenvalue weighted by Gasteiger charge is -1.97. The number of nitrogens with one attached hydrogen (secondary N) is 1. The first-order chi connectivity index (χ1) is 8.65. The van der Waals surface area contributed by atoms with Gasteiger partial charge in [-0.15, -0.1) is 0 Å². The van der Waals surface area contributed by atoms with Crippen molar-refractivity contribution in [3.05, 3.63) is 53.6 Å². The molecule has 1 aromatic carbocycles. The van der Waals surface area contributed by atoms with Gasteiger partial charge in [0.05, 0.1) is 17.8 Å². The molecule has 0 amide bonds. The lowest BCUT2D eigenvalue weighted by molar-refractivity contribution is -0.136. The van der Waals surface area contributed by atoms with Crippen molar-refractivity contribution in [2.75, 3.05) is 0 Å². The van der Waals surface area contributed by atoms with Crippen molar-refractivity contribution in [1.29, 1.82) is 0 Å². The number of nitrogens with two attached hydrogens (primary N) is 1. The van der Waals surface area contributed by atoms with E-state index >= 15 is 0 Å². The number of nitrogens with zero attached hydrogens (tertiary/aromatic N) is 1. The lowest BCUT2D eigenvalue weighted by Crippen LogP contribution is -2.02. The number of hydrogen-bond acceptors (Lipinski definition) is 3. The van der Waals surface area contributed by atoms with Gasteiger partial charge < -0.3 is 15.8 Å². The molecule has 1 heterocycles. The molecule has 0 unspecified atom stereocenters. The fourth-order valence-electron chi connectivity index (χ4n) is 1.55. The van der Waals surface area contributed by atoms with Crippen LogP contribution >= 0.6 is 0 Å². The van der Waals surface area contributed by atoms with E-state index in [-0.39, 0.29) is 6.42 Å². The van der Waals surface area contributed by atoms with Crippen LogP contribution < -0.4 is 5.73 Å². The van der Waals surface area contributed by atoms with E-state index in [1.165, 1.54) is 0 Å². The average Bonchev–Trinajstić information content (AvgIpc) is 2.78. The van der Waals surface area contributed by atoms with Gasteiger partial charge in [-0.05, 0) is 11.6 Å². The first-order valence-corrected chi connectivity index (χ1v) is 5.44. The number of hydrogen-bond donors (Lipinski definition) is 3. The second-order valence-electron chi connectivity index (χ2n) is 3.82. The van der Waals surface area contributed by atoms with Gasteiger partial charge in [0.25, 0.3) is 0 Å². The van der Waals surface area contributed by atoms with Crippen LogP contribution in [0.1, 0.15) is 17.1 Å². The Labute approximate surface area is 104 Å². The van der Waals surface area contributed by atoms with E-state index in [1.807, 2.05) is 30.3 Å². The Morgan fingerprint density at radius 3 is 2.78 bits per heavy atom. The molecule has 18 heavy (non-hydrogen) atoms. The molecule has 0 spiro atoms. The number of rotatable bonds is 4. The molecule has 0 radical (unpaired) electrons. The Balaban J connectivity index is 2.18. The van der Waals surface area contributed by atoms with E-state index in [9.17, 15) is 4.79 Å². The maximum Gasteiger partial charge on any atom is 0.309 e. The van der Waals surface area contributed by atoms with Gasteiger partial charge in [-0.2, -0.15) is 0 Å². The molecular weight excluding hydrogens is 230 g/mol. The van der Waals surface area contributed by atoms with Crippen LogP contribution in [0.3, 0.4) is 0 Å². The summed E-state index contributed by atoms with van der Waals surface area (Å²) in [4.78, 5) is 17.5. The number of aliphatic carboxylic acids is 1. The third-order valence-corrected chi connectivity index (χ3v) is 2.36. The summed E-state index contributed by atoms with van der Waals surface area (Å²) in [5.41, 5.74) is 7.79. The molecule has 0 aliphatic carbocycles. The van der Waals surface area contributed by atoms with Crippen molar-refractivity contribution in [3.8, 4) is 0 Å². The molecule has 0 aliphatic heterocycles. The third-order valence-electron chi connectivity index (χ3n) is 2.36. The van der Waals surface area contributed by atoms with Crippen LogP contribution in [-0.4, -0.2) is 21.0 Å². The highest BCUT2D eigenvalue weighted by atomic mass is 16.4. The highest BCUT2D eigenvalue weighted by molar-refractivity contribution is 5.76. The number of aromatic nitrogens is 2. The normalized spacial score (nSPS) is 11.4. The average molecular weight is 243 g/mol. The van der Waals surface area contributed by atoms with Crippen molar-refractivity contribution in [1.82, 2.24) is 9.97 Å². The summed E-state index contributed by atoms with van der Waals surface area (Å²) >= 11 is 0. The summed E-state index contributed by atoms with van der Waals surface area (Å²) in [5, 5.41) is 8.65. The van der Waals surface area contributed by atoms with E-state index in [4.69, 9.17) is 10.8 Å². The predicted molar refractivity (Wildman–Crippen MR) is 68.4 cm³/mol. The number of carbonyl (C=O) groups is 1. The fraction of sp³-hybridized carbons (Fsp3) is 0.0769. The maximum atomic E-state index is 10.5. The smallest absolute Gasteiger partial charge is 0.309 e. The Kier molecular flexibility index (Phi) is 3.43. The van der Waals surface area contributed by atoms with Crippen molar-refractivity contribution >= 4 is 17.7 Å². The second kappa shape index (κ2) is 5.18. The molecule has 0 aliphatic rings. The minimum absolute atomic E-state index is 0.116. The number of benzene rings is 1. The minimum atomic E-state index is -0.918. The molecule has 4 N–H and O–H groups in total. The molecule has 0 atom stereocenters. The zero-order chi connectivity index (χ0) is 13.0. The van der Waals surface area contributed by atoms with Crippen LogP contribution in [0.2, 0.25) is 0 Å². The Morgan fingerprint density at radius 2 is 2.11 bits per heavy atom. The van der Waals surface area contributed by atoms with Crippen LogP contribution in [0.15, 0.2) is 36.5 Å². The van der Waals surface area contributed by atoms with Crippen LogP contribution in [0.5, 0.6) is 0 Å². The van der Waals surface area contributed by atoms with Gasteiger partial charge in [-0.1, -0.05) is 30.3 Å². The molecule has 0 saturated heterocycles. The van der Waals surface area contributed by atoms with Crippen molar-refractivity contribution < 1.29 is 9.90 Å². The van der Waals surface area contributed by atoms with Crippen LogP contribution in [0, 0.1) is 0 Å². The molecule has 0 bridgehead atoms. The van der Waals surface area contributed by atoms with E-state index in [1.54, 1.807) is 12.3 Å². The summed E-state index contributed by atoms with van der Waals surface area (Å²) in [5.74, 6) is -0.436. The Bertz CT molecular complexity index is 573. The van der Waals surface area contributed by atoms with Gasteiger partial charge in [0.15, 0.2) is 5.82 Å². The summed E-state index contributed by atoms with van der Waals surface area (Å²) in [7, 11) is 0. The van der Waals surface area contributed by atoms with E-state index in [0.717, 1.165) is 5.56 Å². The fourth-order valence-corrected chi connectivity index (χ4v) is 1.55. The van der Waals surface area contributed by atoms with Crippen molar-refractivity contribution in [2.24, 2.45) is 5.73 Å². The van der Waals surface area contributed by atoms with Gasteiger partial charge in [0.1, 0.15) is 0 Å². The topological polar surface area (TPSA) is 92.0 Å². The number of carboxylic acid groups (broad SMARTS) is 1. The molecule has 2 aromatic rings. The van der Waals surface area contributed by atoms with Crippen LogP contribution in [0.25, 0.3) is 11.8 Å². The third kappa shape index (κ3) is 2.98. The van der Waals surface area contributed by atoms with Crippen molar-refractivity contribution in [2.45, 2.75) is 6.42 Å². The zero-order valence-electron chi connectivity index (χ0n) is 9.63. The lowest BCUT2D eigenvalue weighted by atomic mass is 10.2. The standard InChI is InChI=1S/C13H13N3O2/c14-11(6-9-4-2-1-3-5-9)13-15-8-10(16-13)7-12(17)18/h1-6,8H,7,14H2,(H,15,16)(H,17,18). The van der Waals surface area contributed by atoms with Gasteiger partial charge in [0, 0.05) is 6.20 Å². The maximum absolute atomic E-state index is 10.5. The molecule has 5 nitrogen and oxygen atoms in total. The number of carboxylic acids is 1. The van der Waals surface area contributed by atoms with Gasteiger partial charge >= 0.3 is 5.97 Å². The van der Waals surface area contributed by atoms with Gasteiger partial charge in [-0.25, -0.2) is 4.98 Å². The Hall–Kier alpha value is -2.56. The van der Waals surface area contributed by atoms with Crippen LogP contribution in [-0.2, 0) is 11.2 Å². The molecular formula is C13H13N3O2. The molecule has 1 aromatic heterocycles. The molecule has 0 fully saturated rings. The van der Waals surface area contributed by atoms with E-state index in [0.29, 0.717) is 17.2 Å². The van der Waals surface area contributed by atoms with E-state index in [2.05, 4.69) is 9.97 Å². The number of H-pyrrole nitrogens is 1. The highest BCUT2D eigenvalue weighted by Crippen LogP contribution is 2.10. The zero-order valence-corrected chi connectivity index (χ0v) is 9.63. The first-order valence-electron chi connectivity index (χ1n) is 5.44. The van der Waals surface area contributed by atoms with Crippen LogP contribution in [0.4, 0.5) is 0 Å². The van der Waals surface area contributed by atoms with E-state index < -0.39 is 5.97 Å². The van der Waals surface area contributed by atoms with Gasteiger partial charge in [-0.3, -0.25) is 4.79 Å². The minimum Gasteiger partial charge on any atom is -0.481 e. The highest BCUT2D eigenvalue weighted by Gasteiger charge is 2.07. The predicted octanol–water partition coefficient (Wildman–Crippen LogP) is 1.49. The Morgan fingerprint density at radius 1 is 1.39 bits per heavy atom. The molecule has 0 saturated carbocycles. The first kappa shape index (κ1) is 11.9. The molecule has 2 rings (SSSR count). The summed E-state index contributed by atoms with van der Waals surface area (Å²) in [6.07, 6.45) is 3.22. The summed E-state index contributed by atoms with van der Waals surface area (Å²) in [6, 6.07) is 9.60. The summed E-state index contributed by atoms with van der Waals surface area (Å²) in [6.45, 7) is 0. The number of imidazole rings is 1. The van der Waals surface area contributed by atoms with Gasteiger partial charge in [0.2, 0.25) is 0 Å². The molecule has 92 valence electrons. The second-order valence-corrected chi connectivity index (χ2v) is 3.82. The monoisotopic (exact) mass is 243 g/mol. The van der Waals surface area contributed by atoms with Crippen molar-refractivity contribution in [3.63, 3.8) is 0 Å². The SMILES string of the molecule is NC(=Cc1ccccc1)c1nc(CC(=O)O)c[nH]1. The number of aromatic amines is 1. The largest absolute Gasteiger partial charge is 0.481 e. The quantitative estimate of drug-likeness (QED) is 0.758. The summed E-state index contributed by atoms with van der Waals surface area (Å²) < 4.78 is 0. The molecule has 5 heteroatoms.